The Labute approximate surface area is 117 Å². The van der Waals surface area contributed by atoms with Gasteiger partial charge in [-0.15, -0.1) is 0 Å². The van der Waals surface area contributed by atoms with Crippen LogP contribution in [-0.4, -0.2) is 34.5 Å². The van der Waals surface area contributed by atoms with Crippen molar-refractivity contribution in [3.63, 3.8) is 0 Å². The molecule has 6 heteroatoms. The first-order valence-corrected chi connectivity index (χ1v) is 6.21. The first-order valence-electron chi connectivity index (χ1n) is 6.21. The fourth-order valence-corrected chi connectivity index (χ4v) is 1.94. The average molecular weight is 275 g/mol. The van der Waals surface area contributed by atoms with Crippen molar-refractivity contribution in [3.8, 4) is 16.9 Å². The van der Waals surface area contributed by atoms with E-state index in [4.69, 9.17) is 9.84 Å². The number of ether oxygens (including phenoxy) is 1. The molecule has 0 aliphatic carbocycles. The van der Waals surface area contributed by atoms with Gasteiger partial charge in [-0.3, -0.25) is 4.68 Å². The summed E-state index contributed by atoms with van der Waals surface area (Å²) in [4.78, 5) is 10.6. The van der Waals surface area contributed by atoms with E-state index in [0.717, 1.165) is 23.2 Å². The lowest BCUT2D eigenvalue weighted by atomic mass is 10.0. The highest BCUT2D eigenvalue weighted by Gasteiger charge is 2.11. The lowest BCUT2D eigenvalue weighted by Crippen LogP contribution is -2.10. The van der Waals surface area contributed by atoms with E-state index in [-0.39, 0.29) is 6.61 Å². The molecule has 1 heterocycles. The number of rotatable bonds is 6. The van der Waals surface area contributed by atoms with E-state index in [9.17, 15) is 4.79 Å². The van der Waals surface area contributed by atoms with Crippen LogP contribution in [0.2, 0.25) is 0 Å². The fourth-order valence-electron chi connectivity index (χ4n) is 1.94. The van der Waals surface area contributed by atoms with E-state index in [1.54, 1.807) is 16.9 Å². The Hall–Kier alpha value is -2.34. The molecule has 0 atom stereocenters. The molecule has 2 rings (SSSR count). The average Bonchev–Trinajstić information content (AvgIpc) is 2.84. The van der Waals surface area contributed by atoms with Crippen molar-refractivity contribution in [1.29, 1.82) is 0 Å². The van der Waals surface area contributed by atoms with Crippen molar-refractivity contribution < 1.29 is 14.6 Å². The van der Waals surface area contributed by atoms with Crippen LogP contribution in [0.15, 0.2) is 30.6 Å². The topological polar surface area (TPSA) is 76.4 Å². The largest absolute Gasteiger partial charge is 0.481 e. The van der Waals surface area contributed by atoms with Crippen LogP contribution >= 0.6 is 0 Å². The van der Waals surface area contributed by atoms with Gasteiger partial charge in [0.2, 0.25) is 0 Å². The summed E-state index contributed by atoms with van der Waals surface area (Å²) < 4.78 is 7.03. The van der Waals surface area contributed by atoms with Gasteiger partial charge in [-0.1, -0.05) is 6.07 Å². The molecule has 2 N–H and O–H groups in total. The molecule has 1 aromatic carbocycles. The zero-order valence-electron chi connectivity index (χ0n) is 11.5. The van der Waals surface area contributed by atoms with Crippen LogP contribution in [0, 0.1) is 0 Å². The summed E-state index contributed by atoms with van der Waals surface area (Å²) >= 11 is 0. The summed E-state index contributed by atoms with van der Waals surface area (Å²) in [5.74, 6) is -0.457. The molecule has 1 aromatic heterocycles. The van der Waals surface area contributed by atoms with Gasteiger partial charge >= 0.3 is 5.97 Å². The van der Waals surface area contributed by atoms with E-state index in [0.29, 0.717) is 5.75 Å². The molecular weight excluding hydrogens is 258 g/mol. The van der Waals surface area contributed by atoms with E-state index in [2.05, 4.69) is 10.4 Å². The van der Waals surface area contributed by atoms with E-state index < -0.39 is 5.97 Å². The first-order chi connectivity index (χ1) is 9.60. The van der Waals surface area contributed by atoms with Crippen molar-refractivity contribution in [3.05, 3.63) is 36.2 Å². The fraction of sp³-hybridized carbons (Fsp3) is 0.286. The van der Waals surface area contributed by atoms with Gasteiger partial charge in [0.1, 0.15) is 5.75 Å². The van der Waals surface area contributed by atoms with Gasteiger partial charge in [0, 0.05) is 30.9 Å². The molecule has 2 aromatic rings. The number of nitrogens with one attached hydrogen (secondary N) is 1. The molecule has 0 saturated heterocycles. The summed E-state index contributed by atoms with van der Waals surface area (Å²) in [5, 5.41) is 15.9. The number of benzene rings is 1. The number of nitrogens with zero attached hydrogens (tertiary/aromatic N) is 2. The highest BCUT2D eigenvalue weighted by atomic mass is 16.5. The summed E-state index contributed by atoms with van der Waals surface area (Å²) in [6, 6.07) is 5.68. The SMILES string of the molecule is CNCc1ccc(OCC(=O)O)c(-c2cnn(C)c2)c1. The number of aryl methyl sites for hydroxylation is 1. The molecule has 0 spiro atoms. The molecule has 0 aliphatic rings. The van der Waals surface area contributed by atoms with Crippen molar-refractivity contribution in [2.75, 3.05) is 13.7 Å². The van der Waals surface area contributed by atoms with Crippen LogP contribution in [0.3, 0.4) is 0 Å². The summed E-state index contributed by atoms with van der Waals surface area (Å²) in [7, 11) is 3.71. The normalized spacial score (nSPS) is 10.5. The van der Waals surface area contributed by atoms with Gasteiger partial charge in [0.05, 0.1) is 6.20 Å². The van der Waals surface area contributed by atoms with Crippen LogP contribution in [-0.2, 0) is 18.4 Å². The number of aliphatic carboxylic acids is 1. The molecule has 20 heavy (non-hydrogen) atoms. The van der Waals surface area contributed by atoms with E-state index in [1.165, 1.54) is 0 Å². The maximum atomic E-state index is 10.6. The quantitative estimate of drug-likeness (QED) is 0.830. The minimum Gasteiger partial charge on any atom is -0.481 e. The summed E-state index contributed by atoms with van der Waals surface area (Å²) in [6.45, 7) is 0.366. The highest BCUT2D eigenvalue weighted by Crippen LogP contribution is 2.30. The minimum atomic E-state index is -0.999. The molecule has 0 aliphatic heterocycles. The van der Waals surface area contributed by atoms with Crippen LogP contribution in [0.4, 0.5) is 0 Å². The molecular formula is C14H17N3O3. The zero-order chi connectivity index (χ0) is 14.5. The Kier molecular flexibility index (Phi) is 4.37. The molecule has 106 valence electrons. The second-order valence-corrected chi connectivity index (χ2v) is 4.45. The number of hydrogen-bond acceptors (Lipinski definition) is 4. The Balaban J connectivity index is 2.37. The molecule has 6 nitrogen and oxygen atoms in total. The molecule has 0 amide bonds. The Morgan fingerprint density at radius 3 is 2.90 bits per heavy atom. The highest BCUT2D eigenvalue weighted by molar-refractivity contribution is 5.72. The Bertz CT molecular complexity index is 607. The zero-order valence-corrected chi connectivity index (χ0v) is 11.5. The maximum absolute atomic E-state index is 10.6. The van der Waals surface area contributed by atoms with E-state index in [1.807, 2.05) is 32.4 Å². The van der Waals surface area contributed by atoms with Crippen molar-refractivity contribution >= 4 is 5.97 Å². The lowest BCUT2D eigenvalue weighted by Gasteiger charge is -2.11. The van der Waals surface area contributed by atoms with Gasteiger partial charge in [0.15, 0.2) is 6.61 Å². The first kappa shape index (κ1) is 14.1. The third kappa shape index (κ3) is 3.36. The molecule has 0 unspecified atom stereocenters. The Morgan fingerprint density at radius 1 is 1.50 bits per heavy atom. The second-order valence-electron chi connectivity index (χ2n) is 4.45. The molecule has 0 fully saturated rings. The monoisotopic (exact) mass is 275 g/mol. The predicted molar refractivity (Wildman–Crippen MR) is 74.5 cm³/mol. The van der Waals surface area contributed by atoms with Crippen molar-refractivity contribution in [2.45, 2.75) is 6.54 Å². The smallest absolute Gasteiger partial charge is 0.341 e. The Morgan fingerprint density at radius 2 is 2.30 bits per heavy atom. The van der Waals surface area contributed by atoms with Crippen molar-refractivity contribution in [1.82, 2.24) is 15.1 Å². The van der Waals surface area contributed by atoms with Gasteiger partial charge in [-0.05, 0) is 24.7 Å². The molecule has 0 bridgehead atoms. The summed E-state index contributed by atoms with van der Waals surface area (Å²) in [6.07, 6.45) is 3.60. The lowest BCUT2D eigenvalue weighted by molar-refractivity contribution is -0.139. The van der Waals surface area contributed by atoms with Gasteiger partial charge in [-0.25, -0.2) is 4.79 Å². The third-order valence-corrected chi connectivity index (χ3v) is 2.79. The number of carboxylic acid groups (broad SMARTS) is 1. The van der Waals surface area contributed by atoms with E-state index >= 15 is 0 Å². The van der Waals surface area contributed by atoms with Gasteiger partial charge in [0.25, 0.3) is 0 Å². The van der Waals surface area contributed by atoms with Crippen LogP contribution in [0.25, 0.3) is 11.1 Å². The second kappa shape index (κ2) is 6.21. The maximum Gasteiger partial charge on any atom is 0.341 e. The van der Waals surface area contributed by atoms with Gasteiger partial charge < -0.3 is 15.2 Å². The number of carbonyl (C=O) groups is 1. The standard InChI is InChI=1S/C14H17N3O3/c1-15-6-10-3-4-13(20-9-14(18)19)12(5-10)11-7-16-17(2)8-11/h3-5,7-8,15H,6,9H2,1-2H3,(H,18,19). The number of hydrogen-bond donors (Lipinski definition) is 2. The third-order valence-electron chi connectivity index (χ3n) is 2.79. The molecule has 0 saturated carbocycles. The van der Waals surface area contributed by atoms with Crippen LogP contribution in [0.5, 0.6) is 5.75 Å². The summed E-state index contributed by atoms with van der Waals surface area (Å²) in [5.41, 5.74) is 2.83. The number of carboxylic acids is 1. The predicted octanol–water partition coefficient (Wildman–Crippen LogP) is 1.27. The van der Waals surface area contributed by atoms with Gasteiger partial charge in [-0.2, -0.15) is 5.10 Å². The molecule has 0 radical (unpaired) electrons. The van der Waals surface area contributed by atoms with Crippen LogP contribution < -0.4 is 10.1 Å². The van der Waals surface area contributed by atoms with Crippen LogP contribution in [0.1, 0.15) is 5.56 Å². The number of aromatic nitrogens is 2. The van der Waals surface area contributed by atoms with Crippen molar-refractivity contribution in [2.24, 2.45) is 7.05 Å². The minimum absolute atomic E-state index is 0.362.